The van der Waals surface area contributed by atoms with Crippen molar-refractivity contribution in [3.8, 4) is 22.6 Å². The average Bonchev–Trinajstić information content (AvgIpc) is 3.75. The predicted molar refractivity (Wildman–Crippen MR) is 157 cm³/mol. The number of fused-ring (bicyclic) bond motifs is 1. The topological polar surface area (TPSA) is 107 Å². The van der Waals surface area contributed by atoms with Gasteiger partial charge in [-0.2, -0.15) is 9.49 Å². The number of ketones is 1. The Morgan fingerprint density at radius 2 is 1.82 bits per heavy atom. The molecule has 0 spiro atoms. The monoisotopic (exact) mass is 594 g/mol. The summed E-state index contributed by atoms with van der Waals surface area (Å²) < 4.78 is 36.4. The zero-order chi connectivity index (χ0) is 30.2. The van der Waals surface area contributed by atoms with E-state index < -0.39 is 5.95 Å². The summed E-state index contributed by atoms with van der Waals surface area (Å²) in [5, 5.41) is 9.01. The molecule has 5 aromatic heterocycles. The van der Waals surface area contributed by atoms with Crippen molar-refractivity contribution in [2.45, 2.75) is 38.8 Å². The molecule has 0 radical (unpaired) electrons. The van der Waals surface area contributed by atoms with Crippen LogP contribution in [0.5, 0.6) is 0 Å². The molecule has 1 aliphatic rings. The number of benzene rings is 1. The minimum Gasteiger partial charge on any atom is -0.361 e. The van der Waals surface area contributed by atoms with Crippen LogP contribution in [0, 0.1) is 18.7 Å². The molecule has 6 aromatic rings. The van der Waals surface area contributed by atoms with Crippen LogP contribution in [0.2, 0.25) is 0 Å². The van der Waals surface area contributed by atoms with Crippen molar-refractivity contribution in [2.24, 2.45) is 0 Å². The lowest BCUT2D eigenvalue weighted by Crippen LogP contribution is -2.34. The number of halogens is 2. The summed E-state index contributed by atoms with van der Waals surface area (Å²) in [6.07, 6.45) is 6.61. The number of hydrogen-bond donors (Lipinski definition) is 0. The van der Waals surface area contributed by atoms with Crippen molar-refractivity contribution in [2.75, 3.05) is 13.1 Å². The van der Waals surface area contributed by atoms with Gasteiger partial charge in [-0.05, 0) is 62.2 Å². The van der Waals surface area contributed by atoms with Gasteiger partial charge in [0.2, 0.25) is 5.95 Å². The number of imidazole rings is 2. The number of pyridine rings is 1. The summed E-state index contributed by atoms with van der Waals surface area (Å²) in [6, 6.07) is 14.8. The number of nitrogens with zero attached hydrogens (tertiary/aromatic N) is 8. The molecule has 0 bridgehead atoms. The average molecular weight is 595 g/mol. The quantitative estimate of drug-likeness (QED) is 0.168. The highest BCUT2D eigenvalue weighted by Gasteiger charge is 2.26. The number of hydrogen-bond acceptors (Lipinski definition) is 8. The van der Waals surface area contributed by atoms with Gasteiger partial charge in [0.05, 0.1) is 41.7 Å². The molecule has 0 aliphatic carbocycles. The van der Waals surface area contributed by atoms with E-state index in [2.05, 4.69) is 24.6 Å². The van der Waals surface area contributed by atoms with Crippen LogP contribution in [0.1, 0.15) is 46.4 Å². The third-order valence-electron chi connectivity index (χ3n) is 7.93. The van der Waals surface area contributed by atoms with E-state index in [9.17, 15) is 13.6 Å². The Balaban J connectivity index is 1.19. The molecule has 0 saturated carbocycles. The fourth-order valence-corrected chi connectivity index (χ4v) is 5.77. The van der Waals surface area contributed by atoms with Gasteiger partial charge in [-0.15, -0.1) is 0 Å². The first-order chi connectivity index (χ1) is 21.4. The highest BCUT2D eigenvalue weighted by Crippen LogP contribution is 2.35. The first-order valence-electron chi connectivity index (χ1n) is 14.4. The molecule has 10 nitrogen and oxygen atoms in total. The molecule has 0 unspecified atom stereocenters. The number of Topliss-reactive ketones (excluding diaryl/α,β-unsaturated/α-hetero) is 1. The second-order valence-corrected chi connectivity index (χ2v) is 11.0. The van der Waals surface area contributed by atoms with Crippen LogP contribution in [-0.2, 0) is 13.0 Å². The standard InChI is InChI=1S/C32H28F2N8O2/c1-20-14-25(39-44-20)17-40-12-9-26(10-13-40)41-19-36-31(21-2-4-23(33)5-3-21)32(41)27-6-7-30-37-24(18-42(30)38-27)16-28(43)22-8-11-35-29(34)15-22/h2-8,11,14-15,18-19,26H,9-10,12-13,16-17H2,1H3. The van der Waals surface area contributed by atoms with Crippen LogP contribution in [0.25, 0.3) is 28.3 Å². The van der Waals surface area contributed by atoms with E-state index in [1.807, 2.05) is 31.5 Å². The molecule has 0 N–H and O–H groups in total. The molecule has 7 rings (SSSR count). The maximum Gasteiger partial charge on any atom is 0.213 e. The molecule has 1 aromatic carbocycles. The molecule has 1 aliphatic heterocycles. The van der Waals surface area contributed by atoms with Crippen LogP contribution >= 0.6 is 0 Å². The Morgan fingerprint density at radius 3 is 2.57 bits per heavy atom. The van der Waals surface area contributed by atoms with Crippen LogP contribution in [0.3, 0.4) is 0 Å². The lowest BCUT2D eigenvalue weighted by Gasteiger charge is -2.32. The van der Waals surface area contributed by atoms with E-state index in [0.29, 0.717) is 22.7 Å². The van der Waals surface area contributed by atoms with Crippen LogP contribution in [0.15, 0.2) is 77.8 Å². The minimum atomic E-state index is -0.707. The van der Waals surface area contributed by atoms with E-state index >= 15 is 0 Å². The van der Waals surface area contributed by atoms with Crippen LogP contribution in [0.4, 0.5) is 8.78 Å². The van der Waals surface area contributed by atoms with Crippen molar-refractivity contribution in [3.63, 3.8) is 0 Å². The van der Waals surface area contributed by atoms with E-state index in [4.69, 9.17) is 14.6 Å². The fourth-order valence-electron chi connectivity index (χ4n) is 5.77. The van der Waals surface area contributed by atoms with Crippen LogP contribution in [-0.4, -0.2) is 58.1 Å². The van der Waals surface area contributed by atoms with Crippen molar-refractivity contribution in [1.29, 1.82) is 0 Å². The zero-order valence-electron chi connectivity index (χ0n) is 23.9. The number of aromatic nitrogens is 7. The molecule has 0 amide bonds. The van der Waals surface area contributed by atoms with Gasteiger partial charge >= 0.3 is 0 Å². The number of rotatable bonds is 8. The van der Waals surface area contributed by atoms with E-state index in [-0.39, 0.29) is 29.6 Å². The minimum absolute atomic E-state index is 0.00656. The molecule has 1 saturated heterocycles. The molecule has 0 atom stereocenters. The Labute approximate surface area is 251 Å². The highest BCUT2D eigenvalue weighted by atomic mass is 19.1. The number of piperidine rings is 1. The van der Waals surface area contributed by atoms with Gasteiger partial charge in [0.15, 0.2) is 11.4 Å². The normalized spacial score (nSPS) is 14.4. The fraction of sp³-hybridized carbons (Fsp3) is 0.250. The molecule has 222 valence electrons. The van der Waals surface area contributed by atoms with Gasteiger partial charge in [0, 0.05) is 55.1 Å². The van der Waals surface area contributed by atoms with Crippen molar-refractivity contribution in [3.05, 3.63) is 108 Å². The number of likely N-dealkylation sites (tertiary alicyclic amines) is 1. The first kappa shape index (κ1) is 27.7. The van der Waals surface area contributed by atoms with Crippen LogP contribution < -0.4 is 0 Å². The smallest absolute Gasteiger partial charge is 0.213 e. The largest absolute Gasteiger partial charge is 0.361 e. The van der Waals surface area contributed by atoms with Gasteiger partial charge in [-0.1, -0.05) is 5.16 Å². The summed E-state index contributed by atoms with van der Waals surface area (Å²) in [7, 11) is 0. The Kier molecular flexibility index (Phi) is 7.26. The van der Waals surface area contributed by atoms with Gasteiger partial charge < -0.3 is 9.09 Å². The van der Waals surface area contributed by atoms with E-state index in [1.54, 1.807) is 22.8 Å². The number of carbonyl (C=O) groups is 1. The van der Waals surface area contributed by atoms with Crippen molar-refractivity contribution in [1.82, 2.24) is 39.2 Å². The molecule has 1 fully saturated rings. The Bertz CT molecular complexity index is 1950. The summed E-state index contributed by atoms with van der Waals surface area (Å²) in [5.74, 6) is -0.492. The number of carbonyl (C=O) groups excluding carboxylic acids is 1. The maximum absolute atomic E-state index is 13.8. The Morgan fingerprint density at radius 1 is 1.00 bits per heavy atom. The second-order valence-electron chi connectivity index (χ2n) is 11.0. The van der Waals surface area contributed by atoms with Gasteiger partial charge in [0.1, 0.15) is 17.3 Å². The zero-order valence-corrected chi connectivity index (χ0v) is 23.9. The van der Waals surface area contributed by atoms with E-state index in [0.717, 1.165) is 61.3 Å². The maximum atomic E-state index is 13.8. The van der Waals surface area contributed by atoms with Crippen molar-refractivity contribution >= 4 is 11.4 Å². The van der Waals surface area contributed by atoms with E-state index in [1.165, 1.54) is 24.4 Å². The third kappa shape index (κ3) is 5.63. The molecule has 6 heterocycles. The van der Waals surface area contributed by atoms with Gasteiger partial charge in [-0.3, -0.25) is 9.69 Å². The third-order valence-corrected chi connectivity index (χ3v) is 7.93. The summed E-state index contributed by atoms with van der Waals surface area (Å²) >= 11 is 0. The molecule has 44 heavy (non-hydrogen) atoms. The highest BCUT2D eigenvalue weighted by molar-refractivity contribution is 5.97. The van der Waals surface area contributed by atoms with Crippen molar-refractivity contribution < 1.29 is 18.1 Å². The SMILES string of the molecule is Cc1cc(CN2CCC(n3cnc(-c4ccc(F)cc4)c3-c3ccc4nc(CC(=O)c5ccnc(F)c5)cn4n3)CC2)no1. The first-order valence-corrected chi connectivity index (χ1v) is 14.4. The lowest BCUT2D eigenvalue weighted by molar-refractivity contribution is 0.0991. The molecular formula is C32H28F2N8O2. The summed E-state index contributed by atoms with van der Waals surface area (Å²) in [5.41, 5.74) is 5.22. The molecule has 12 heteroatoms. The summed E-state index contributed by atoms with van der Waals surface area (Å²) in [6.45, 7) is 4.39. The number of aryl methyl sites for hydroxylation is 1. The Hall–Kier alpha value is -5.10. The lowest BCUT2D eigenvalue weighted by atomic mass is 10.0. The molecular weight excluding hydrogens is 566 g/mol. The van der Waals surface area contributed by atoms with Gasteiger partial charge in [0.25, 0.3) is 0 Å². The predicted octanol–water partition coefficient (Wildman–Crippen LogP) is 5.49. The summed E-state index contributed by atoms with van der Waals surface area (Å²) in [4.78, 5) is 28.0. The second kappa shape index (κ2) is 11.5. The van der Waals surface area contributed by atoms with Gasteiger partial charge in [-0.25, -0.2) is 23.9 Å².